The summed E-state index contributed by atoms with van der Waals surface area (Å²) in [7, 11) is -1.41. The second kappa shape index (κ2) is 7.90. The van der Waals surface area contributed by atoms with Crippen LogP contribution in [0.2, 0.25) is 5.02 Å². The minimum atomic E-state index is -3.34. The molecule has 0 saturated heterocycles. The molecule has 126 valence electrons. The van der Waals surface area contributed by atoms with Gasteiger partial charge in [0.2, 0.25) is 0 Å². The van der Waals surface area contributed by atoms with Gasteiger partial charge in [-0.25, -0.2) is 0 Å². The van der Waals surface area contributed by atoms with E-state index in [9.17, 15) is 8.42 Å². The average Bonchev–Trinajstić information content (AvgIpc) is 2.83. The maximum Gasteiger partial charge on any atom is 0.264 e. The van der Waals surface area contributed by atoms with Gasteiger partial charge in [-0.3, -0.25) is 4.18 Å². The molecule has 0 aliphatic heterocycles. The molecule has 1 aromatic heterocycles. The highest BCUT2D eigenvalue weighted by Gasteiger charge is 2.10. The molecule has 23 heavy (non-hydrogen) atoms. The predicted molar refractivity (Wildman–Crippen MR) is 89.8 cm³/mol. The molecule has 0 N–H and O–H groups in total. The molecule has 0 aliphatic rings. The summed E-state index contributed by atoms with van der Waals surface area (Å²) < 4.78 is 28.3. The monoisotopic (exact) mass is 357 g/mol. The van der Waals surface area contributed by atoms with Crippen LogP contribution in [0.15, 0.2) is 24.3 Å². The summed E-state index contributed by atoms with van der Waals surface area (Å²) in [5.41, 5.74) is 0.931. The van der Waals surface area contributed by atoms with Crippen molar-refractivity contribution in [3.8, 4) is 11.4 Å². The van der Waals surface area contributed by atoms with Gasteiger partial charge in [-0.2, -0.15) is 8.42 Å². The lowest BCUT2D eigenvalue weighted by atomic mass is 10.2. The van der Waals surface area contributed by atoms with Gasteiger partial charge in [0.25, 0.3) is 10.1 Å². The minimum absolute atomic E-state index is 0.228. The lowest BCUT2D eigenvalue weighted by molar-refractivity contribution is 0.310. The highest BCUT2D eigenvalue weighted by atomic mass is 35.5. The van der Waals surface area contributed by atoms with E-state index in [2.05, 4.69) is 10.2 Å². The van der Waals surface area contributed by atoms with E-state index in [1.54, 1.807) is 0 Å². The Morgan fingerprint density at radius 3 is 2.70 bits per heavy atom. The summed E-state index contributed by atoms with van der Waals surface area (Å²) in [6.45, 7) is 0.228. The van der Waals surface area contributed by atoms with Crippen LogP contribution in [-0.4, -0.2) is 36.0 Å². The first-order valence-corrected chi connectivity index (χ1v) is 9.55. The topological polar surface area (TPSA) is 74.1 Å². The predicted octanol–water partition coefficient (Wildman–Crippen LogP) is 2.82. The molecule has 0 bridgehead atoms. The van der Waals surface area contributed by atoms with Crippen molar-refractivity contribution in [2.45, 2.75) is 25.7 Å². The summed E-state index contributed by atoms with van der Waals surface area (Å²) in [6, 6.07) is 7.51. The number of benzene rings is 1. The fourth-order valence-corrected chi connectivity index (χ4v) is 2.84. The normalized spacial score (nSPS) is 11.8. The number of unbranched alkanes of at least 4 members (excludes halogenated alkanes) is 2. The fourth-order valence-electron chi connectivity index (χ4n) is 2.23. The van der Waals surface area contributed by atoms with Gasteiger partial charge in [-0.15, -0.1) is 10.2 Å². The maximum atomic E-state index is 10.8. The van der Waals surface area contributed by atoms with Crippen LogP contribution in [0.1, 0.15) is 25.1 Å². The van der Waals surface area contributed by atoms with Gasteiger partial charge in [-0.05, 0) is 25.0 Å². The molecular formula is C15H20ClN3O3S. The Labute approximate surface area is 141 Å². The summed E-state index contributed by atoms with van der Waals surface area (Å²) in [6.07, 6.45) is 4.31. The van der Waals surface area contributed by atoms with E-state index in [1.165, 1.54) is 0 Å². The lowest BCUT2D eigenvalue weighted by Gasteiger charge is -2.05. The van der Waals surface area contributed by atoms with Crippen molar-refractivity contribution in [1.82, 2.24) is 14.8 Å². The first-order chi connectivity index (χ1) is 10.9. The standard InChI is InChI=1S/C15H20ClN3O3S/c1-19-14(9-4-3-5-10-22-23(2,20)21)17-18-15(19)12-7-6-8-13(16)11-12/h6-8,11H,3-5,9-10H2,1-2H3. The number of halogens is 1. The fraction of sp³-hybridized carbons (Fsp3) is 0.467. The van der Waals surface area contributed by atoms with Crippen molar-refractivity contribution in [3.05, 3.63) is 35.1 Å². The number of rotatable bonds is 8. The van der Waals surface area contributed by atoms with Gasteiger partial charge >= 0.3 is 0 Å². The van der Waals surface area contributed by atoms with Crippen molar-refractivity contribution in [2.24, 2.45) is 7.05 Å². The van der Waals surface area contributed by atoms with Crippen molar-refractivity contribution < 1.29 is 12.6 Å². The van der Waals surface area contributed by atoms with Crippen LogP contribution < -0.4 is 0 Å². The Morgan fingerprint density at radius 2 is 2.00 bits per heavy atom. The summed E-state index contributed by atoms with van der Waals surface area (Å²) in [5, 5.41) is 9.11. The second-order valence-corrected chi connectivity index (χ2v) is 7.43. The number of hydrogen-bond donors (Lipinski definition) is 0. The van der Waals surface area contributed by atoms with Gasteiger partial charge in [0.1, 0.15) is 5.82 Å². The van der Waals surface area contributed by atoms with Crippen molar-refractivity contribution in [2.75, 3.05) is 12.9 Å². The molecular weight excluding hydrogens is 338 g/mol. The number of aryl methyl sites for hydroxylation is 1. The van der Waals surface area contributed by atoms with Crippen LogP contribution in [0, 0.1) is 0 Å². The number of nitrogens with zero attached hydrogens (tertiary/aromatic N) is 3. The van der Waals surface area contributed by atoms with Crippen LogP contribution in [0.3, 0.4) is 0 Å². The summed E-state index contributed by atoms with van der Waals surface area (Å²) >= 11 is 6.01. The Balaban J connectivity index is 1.86. The highest BCUT2D eigenvalue weighted by Crippen LogP contribution is 2.21. The Kier molecular flexibility index (Phi) is 6.15. The second-order valence-electron chi connectivity index (χ2n) is 5.35. The maximum absolute atomic E-state index is 10.8. The Morgan fingerprint density at radius 1 is 1.22 bits per heavy atom. The number of aromatic nitrogens is 3. The van der Waals surface area contributed by atoms with Gasteiger partial charge in [0, 0.05) is 24.1 Å². The molecule has 2 rings (SSSR count). The zero-order valence-electron chi connectivity index (χ0n) is 13.2. The third-order valence-corrected chi connectivity index (χ3v) is 4.22. The molecule has 6 nitrogen and oxygen atoms in total. The average molecular weight is 358 g/mol. The molecule has 0 saturated carbocycles. The van der Waals surface area contributed by atoms with E-state index < -0.39 is 10.1 Å². The third kappa shape index (κ3) is 5.60. The first-order valence-electron chi connectivity index (χ1n) is 7.35. The van der Waals surface area contributed by atoms with E-state index in [4.69, 9.17) is 15.8 Å². The first kappa shape index (κ1) is 17.9. The molecule has 8 heteroatoms. The van der Waals surface area contributed by atoms with Crippen LogP contribution in [0.5, 0.6) is 0 Å². The highest BCUT2D eigenvalue weighted by molar-refractivity contribution is 7.85. The van der Waals surface area contributed by atoms with Crippen LogP contribution >= 0.6 is 11.6 Å². The van der Waals surface area contributed by atoms with Crippen molar-refractivity contribution in [1.29, 1.82) is 0 Å². The smallest absolute Gasteiger partial charge is 0.264 e. The van der Waals surface area contributed by atoms with Crippen molar-refractivity contribution in [3.63, 3.8) is 0 Å². The molecule has 0 fully saturated rings. The van der Waals surface area contributed by atoms with Gasteiger partial charge < -0.3 is 4.57 Å². The van der Waals surface area contributed by atoms with E-state index in [0.29, 0.717) is 11.4 Å². The zero-order chi connectivity index (χ0) is 16.9. The van der Waals surface area contributed by atoms with E-state index >= 15 is 0 Å². The molecule has 0 amide bonds. The Bertz CT molecular complexity index is 759. The SMILES string of the molecule is Cn1c(CCCCCOS(C)(=O)=O)nnc1-c1cccc(Cl)c1. The lowest BCUT2D eigenvalue weighted by Crippen LogP contribution is -2.04. The van der Waals surface area contributed by atoms with Gasteiger partial charge in [0.15, 0.2) is 5.82 Å². The van der Waals surface area contributed by atoms with Gasteiger partial charge in [0.05, 0.1) is 12.9 Å². The summed E-state index contributed by atoms with van der Waals surface area (Å²) in [5.74, 6) is 1.67. The van der Waals surface area contributed by atoms with E-state index in [0.717, 1.165) is 42.7 Å². The third-order valence-electron chi connectivity index (χ3n) is 3.39. The van der Waals surface area contributed by atoms with Crippen molar-refractivity contribution >= 4 is 21.7 Å². The molecule has 0 unspecified atom stereocenters. The van der Waals surface area contributed by atoms with E-state index in [-0.39, 0.29) is 6.61 Å². The van der Waals surface area contributed by atoms with Crippen LogP contribution in [0.25, 0.3) is 11.4 Å². The van der Waals surface area contributed by atoms with Crippen LogP contribution in [-0.2, 0) is 27.8 Å². The minimum Gasteiger partial charge on any atom is -0.314 e. The van der Waals surface area contributed by atoms with Gasteiger partial charge in [-0.1, -0.05) is 30.2 Å². The zero-order valence-corrected chi connectivity index (χ0v) is 14.8. The summed E-state index contributed by atoms with van der Waals surface area (Å²) in [4.78, 5) is 0. The van der Waals surface area contributed by atoms with E-state index in [1.807, 2.05) is 35.9 Å². The molecule has 1 aromatic carbocycles. The molecule has 2 aromatic rings. The largest absolute Gasteiger partial charge is 0.314 e. The molecule has 0 spiro atoms. The molecule has 0 radical (unpaired) electrons. The Hall–Kier alpha value is -1.44. The number of hydrogen-bond acceptors (Lipinski definition) is 5. The molecule has 0 atom stereocenters. The van der Waals surface area contributed by atoms with Crippen LogP contribution in [0.4, 0.5) is 0 Å². The molecule has 0 aliphatic carbocycles. The molecule has 1 heterocycles. The quantitative estimate of drug-likeness (QED) is 0.536.